The normalized spacial score (nSPS) is 15.1. The Kier molecular flexibility index (Phi) is 3.63. The van der Waals surface area contributed by atoms with Crippen molar-refractivity contribution >= 4 is 0 Å². The van der Waals surface area contributed by atoms with Gasteiger partial charge in [-0.3, -0.25) is 4.98 Å². The summed E-state index contributed by atoms with van der Waals surface area (Å²) in [6.45, 7) is 5.84. The van der Waals surface area contributed by atoms with E-state index in [1.807, 2.05) is 0 Å². The molecule has 0 fully saturated rings. The van der Waals surface area contributed by atoms with Gasteiger partial charge in [-0.25, -0.2) is 4.98 Å². The summed E-state index contributed by atoms with van der Waals surface area (Å²) >= 11 is 0. The minimum atomic E-state index is -0.992. The lowest BCUT2D eigenvalue weighted by Crippen LogP contribution is -2.26. The van der Waals surface area contributed by atoms with Crippen molar-refractivity contribution in [1.82, 2.24) is 9.97 Å². The molecule has 0 bridgehead atoms. The number of aliphatic hydroxyl groups is 1. The molecule has 1 unspecified atom stereocenters. The van der Waals surface area contributed by atoms with Crippen molar-refractivity contribution < 1.29 is 9.84 Å². The Bertz CT molecular complexity index is 324. The van der Waals surface area contributed by atoms with Gasteiger partial charge in [0.2, 0.25) is 5.88 Å². The number of aromatic nitrogens is 2. The molecule has 0 aliphatic heterocycles. The lowest BCUT2D eigenvalue weighted by molar-refractivity contribution is 0.0274. The molecule has 15 heavy (non-hydrogen) atoms. The third-order valence-corrected chi connectivity index (χ3v) is 2.17. The Balaban J connectivity index is 3.02. The summed E-state index contributed by atoms with van der Waals surface area (Å²) in [5.41, 5.74) is -0.491. The summed E-state index contributed by atoms with van der Waals surface area (Å²) in [4.78, 5) is 8.16. The van der Waals surface area contributed by atoms with Crippen LogP contribution < -0.4 is 4.74 Å². The van der Waals surface area contributed by atoms with E-state index in [-0.39, 0.29) is 0 Å². The molecule has 0 spiro atoms. The molecule has 1 aromatic heterocycles. The smallest absolute Gasteiger partial charge is 0.238 e. The van der Waals surface area contributed by atoms with Crippen LogP contribution in [0.25, 0.3) is 0 Å². The number of hydrogen-bond donors (Lipinski definition) is 1. The number of ether oxygens (including phenoxy) is 1. The van der Waals surface area contributed by atoms with Crippen molar-refractivity contribution in [2.75, 3.05) is 7.11 Å². The van der Waals surface area contributed by atoms with Gasteiger partial charge in [0.1, 0.15) is 11.3 Å². The van der Waals surface area contributed by atoms with E-state index in [1.54, 1.807) is 19.3 Å². The van der Waals surface area contributed by atoms with Gasteiger partial charge >= 0.3 is 0 Å². The van der Waals surface area contributed by atoms with Gasteiger partial charge in [-0.2, -0.15) is 0 Å². The molecule has 0 aromatic carbocycles. The van der Waals surface area contributed by atoms with Crippen LogP contribution in [-0.2, 0) is 5.60 Å². The summed E-state index contributed by atoms with van der Waals surface area (Å²) in [6.07, 6.45) is 3.74. The molecule has 0 aliphatic carbocycles. The van der Waals surface area contributed by atoms with Crippen molar-refractivity contribution in [3.05, 3.63) is 18.1 Å². The van der Waals surface area contributed by atoms with Gasteiger partial charge in [-0.1, -0.05) is 13.8 Å². The molecular weight excluding hydrogens is 192 g/mol. The van der Waals surface area contributed by atoms with E-state index >= 15 is 0 Å². The Labute approximate surface area is 90.3 Å². The second kappa shape index (κ2) is 4.57. The highest BCUT2D eigenvalue weighted by Crippen LogP contribution is 2.31. The van der Waals surface area contributed by atoms with E-state index in [1.165, 1.54) is 7.11 Å². The first-order valence-corrected chi connectivity index (χ1v) is 5.05. The number of methoxy groups -OCH3 is 1. The van der Waals surface area contributed by atoms with E-state index in [2.05, 4.69) is 23.8 Å². The zero-order valence-electron chi connectivity index (χ0n) is 9.69. The zero-order valence-corrected chi connectivity index (χ0v) is 9.69. The van der Waals surface area contributed by atoms with Gasteiger partial charge in [0.25, 0.3) is 0 Å². The largest absolute Gasteiger partial charge is 0.480 e. The number of rotatable bonds is 4. The summed E-state index contributed by atoms with van der Waals surface area (Å²) in [5.74, 6) is 0.773. The predicted molar refractivity (Wildman–Crippen MR) is 57.6 cm³/mol. The summed E-state index contributed by atoms with van der Waals surface area (Å²) < 4.78 is 5.08. The highest BCUT2D eigenvalue weighted by atomic mass is 16.5. The maximum absolute atomic E-state index is 10.3. The van der Waals surface area contributed by atoms with Gasteiger partial charge < -0.3 is 9.84 Å². The van der Waals surface area contributed by atoms with Crippen molar-refractivity contribution in [3.8, 4) is 5.88 Å². The Hall–Kier alpha value is -1.16. The molecule has 4 heteroatoms. The molecule has 0 radical (unpaired) electrons. The Morgan fingerprint density at radius 2 is 2.00 bits per heavy atom. The van der Waals surface area contributed by atoms with Crippen LogP contribution in [0, 0.1) is 5.92 Å². The van der Waals surface area contributed by atoms with Crippen LogP contribution in [0.3, 0.4) is 0 Å². The van der Waals surface area contributed by atoms with Crippen LogP contribution in [-0.4, -0.2) is 22.2 Å². The second-order valence-corrected chi connectivity index (χ2v) is 4.29. The van der Waals surface area contributed by atoms with Gasteiger partial charge in [0.15, 0.2) is 0 Å². The predicted octanol–water partition coefficient (Wildman–Crippen LogP) is 1.74. The number of hydrogen-bond acceptors (Lipinski definition) is 4. The highest BCUT2D eigenvalue weighted by Gasteiger charge is 2.29. The second-order valence-electron chi connectivity index (χ2n) is 4.29. The monoisotopic (exact) mass is 210 g/mol. The fraction of sp³-hybridized carbons (Fsp3) is 0.636. The molecule has 0 aliphatic rings. The summed E-state index contributed by atoms with van der Waals surface area (Å²) in [5, 5.41) is 10.3. The van der Waals surface area contributed by atoms with E-state index in [9.17, 15) is 5.11 Å². The average molecular weight is 210 g/mol. The molecule has 0 amide bonds. The third kappa shape index (κ3) is 2.89. The molecule has 1 aromatic rings. The van der Waals surface area contributed by atoms with Crippen LogP contribution in [0.15, 0.2) is 12.4 Å². The van der Waals surface area contributed by atoms with E-state index in [0.717, 1.165) is 0 Å². The van der Waals surface area contributed by atoms with Crippen molar-refractivity contribution in [2.45, 2.75) is 32.8 Å². The third-order valence-electron chi connectivity index (χ3n) is 2.17. The molecular formula is C11H18N2O2. The van der Waals surface area contributed by atoms with E-state index in [4.69, 9.17) is 4.74 Å². The topological polar surface area (TPSA) is 55.2 Å². The van der Waals surface area contributed by atoms with Crippen molar-refractivity contribution in [3.63, 3.8) is 0 Å². The average Bonchev–Trinajstić information content (AvgIpc) is 2.16. The fourth-order valence-electron chi connectivity index (χ4n) is 1.74. The first-order chi connectivity index (χ1) is 6.97. The molecule has 0 saturated heterocycles. The van der Waals surface area contributed by atoms with Gasteiger partial charge in [0.05, 0.1) is 7.11 Å². The van der Waals surface area contributed by atoms with Gasteiger partial charge in [-0.15, -0.1) is 0 Å². The Morgan fingerprint density at radius 3 is 2.53 bits per heavy atom. The molecule has 4 nitrogen and oxygen atoms in total. The van der Waals surface area contributed by atoms with Crippen molar-refractivity contribution in [1.29, 1.82) is 0 Å². The highest BCUT2D eigenvalue weighted by molar-refractivity contribution is 5.23. The van der Waals surface area contributed by atoms with Gasteiger partial charge in [-0.05, 0) is 19.3 Å². The lowest BCUT2D eigenvalue weighted by Gasteiger charge is -2.25. The molecule has 84 valence electrons. The molecule has 1 rings (SSSR count). The molecule has 0 saturated carbocycles. The lowest BCUT2D eigenvalue weighted by atomic mass is 9.91. The quantitative estimate of drug-likeness (QED) is 0.822. The van der Waals surface area contributed by atoms with Crippen LogP contribution in [0.1, 0.15) is 32.9 Å². The minimum absolute atomic E-state index is 0.381. The zero-order chi connectivity index (χ0) is 11.5. The summed E-state index contributed by atoms with van der Waals surface area (Å²) in [6, 6.07) is 0. The summed E-state index contributed by atoms with van der Waals surface area (Å²) in [7, 11) is 1.53. The number of nitrogens with zero attached hydrogens (tertiary/aromatic N) is 2. The first-order valence-electron chi connectivity index (χ1n) is 5.05. The maximum Gasteiger partial charge on any atom is 0.238 e. The van der Waals surface area contributed by atoms with Crippen LogP contribution in [0.2, 0.25) is 0 Å². The maximum atomic E-state index is 10.3. The fourth-order valence-corrected chi connectivity index (χ4v) is 1.74. The van der Waals surface area contributed by atoms with Crippen LogP contribution in [0.4, 0.5) is 0 Å². The van der Waals surface area contributed by atoms with Crippen molar-refractivity contribution in [2.24, 2.45) is 5.92 Å². The molecule has 1 N–H and O–H groups in total. The molecule has 1 atom stereocenters. The van der Waals surface area contributed by atoms with Gasteiger partial charge in [0, 0.05) is 12.4 Å². The van der Waals surface area contributed by atoms with E-state index < -0.39 is 5.60 Å². The van der Waals surface area contributed by atoms with Crippen LogP contribution >= 0.6 is 0 Å². The SMILES string of the molecule is COc1nccnc1C(C)(O)CC(C)C. The molecule has 1 heterocycles. The Morgan fingerprint density at radius 1 is 1.40 bits per heavy atom. The minimum Gasteiger partial charge on any atom is -0.480 e. The standard InChI is InChI=1S/C11H18N2O2/c1-8(2)7-11(3,14)9-10(15-4)13-6-5-12-9/h5-6,8,14H,7H2,1-4H3. The van der Waals surface area contributed by atoms with Crippen LogP contribution in [0.5, 0.6) is 5.88 Å². The first kappa shape index (κ1) is 11.9. The van der Waals surface area contributed by atoms with E-state index in [0.29, 0.717) is 23.9 Å².